The van der Waals surface area contributed by atoms with Gasteiger partial charge in [-0.25, -0.2) is 4.79 Å². The molecule has 1 aliphatic rings. The number of carbonyl (C=O) groups excluding carboxylic acids is 2. The molecule has 5 nitrogen and oxygen atoms in total. The third kappa shape index (κ3) is 3.80. The first-order valence-corrected chi connectivity index (χ1v) is 7.20. The van der Waals surface area contributed by atoms with Gasteiger partial charge in [-0.05, 0) is 39.3 Å². The van der Waals surface area contributed by atoms with E-state index in [9.17, 15) is 9.59 Å². The minimum Gasteiger partial charge on any atom is -0.444 e. The number of aryl methyl sites for hydroxylation is 1. The van der Waals surface area contributed by atoms with E-state index in [4.69, 9.17) is 4.74 Å². The number of nitrogens with zero attached hydrogens (tertiary/aromatic N) is 2. The topological polar surface area (TPSA) is 59.5 Å². The van der Waals surface area contributed by atoms with Crippen molar-refractivity contribution in [2.45, 2.75) is 45.6 Å². The Morgan fingerprint density at radius 3 is 2.76 bits per heavy atom. The standard InChI is InChI=1S/C16H22N2O3/c1-11-12(6-5-8-17-11)13-10-18(9-7-14(13)19)15(20)21-16(2,3)4/h5-6,8,13H,7,9-10H2,1-4H3. The Kier molecular flexibility index (Phi) is 4.30. The molecule has 1 aromatic heterocycles. The highest BCUT2D eigenvalue weighted by atomic mass is 16.6. The lowest BCUT2D eigenvalue weighted by atomic mass is 9.89. The van der Waals surface area contributed by atoms with E-state index in [1.54, 1.807) is 11.1 Å². The predicted octanol–water partition coefficient (Wildman–Crippen LogP) is 2.68. The molecule has 0 aliphatic carbocycles. The van der Waals surface area contributed by atoms with Crippen LogP contribution in [-0.2, 0) is 9.53 Å². The monoisotopic (exact) mass is 290 g/mol. The molecule has 0 radical (unpaired) electrons. The van der Waals surface area contributed by atoms with Crippen LogP contribution >= 0.6 is 0 Å². The van der Waals surface area contributed by atoms with E-state index >= 15 is 0 Å². The fraction of sp³-hybridized carbons (Fsp3) is 0.562. The van der Waals surface area contributed by atoms with E-state index in [1.807, 2.05) is 39.8 Å². The normalized spacial score (nSPS) is 19.5. The van der Waals surface area contributed by atoms with Gasteiger partial charge in [0.05, 0.1) is 5.92 Å². The van der Waals surface area contributed by atoms with Gasteiger partial charge < -0.3 is 9.64 Å². The van der Waals surface area contributed by atoms with Gasteiger partial charge in [-0.3, -0.25) is 9.78 Å². The molecule has 1 atom stereocenters. The number of amides is 1. The van der Waals surface area contributed by atoms with Crippen LogP contribution < -0.4 is 0 Å². The van der Waals surface area contributed by atoms with Gasteiger partial charge >= 0.3 is 6.09 Å². The summed E-state index contributed by atoms with van der Waals surface area (Å²) < 4.78 is 5.39. The number of ketones is 1. The predicted molar refractivity (Wildman–Crippen MR) is 79.1 cm³/mol. The Bertz CT molecular complexity index is 549. The summed E-state index contributed by atoms with van der Waals surface area (Å²) in [6.45, 7) is 8.17. The molecule has 21 heavy (non-hydrogen) atoms. The summed E-state index contributed by atoms with van der Waals surface area (Å²) in [5, 5.41) is 0. The van der Waals surface area contributed by atoms with Crippen molar-refractivity contribution in [2.75, 3.05) is 13.1 Å². The molecule has 1 fully saturated rings. The van der Waals surface area contributed by atoms with Crippen LogP contribution in [-0.4, -0.2) is 40.5 Å². The summed E-state index contributed by atoms with van der Waals surface area (Å²) in [7, 11) is 0. The molecule has 1 saturated heterocycles. The Labute approximate surface area is 125 Å². The molecular weight excluding hydrogens is 268 g/mol. The number of pyridine rings is 1. The van der Waals surface area contributed by atoms with Crippen molar-refractivity contribution in [1.82, 2.24) is 9.88 Å². The quantitative estimate of drug-likeness (QED) is 0.798. The average Bonchev–Trinajstić information content (AvgIpc) is 2.38. The molecule has 0 saturated carbocycles. The van der Waals surface area contributed by atoms with E-state index < -0.39 is 5.60 Å². The van der Waals surface area contributed by atoms with E-state index in [-0.39, 0.29) is 17.8 Å². The highest BCUT2D eigenvalue weighted by Gasteiger charge is 2.33. The van der Waals surface area contributed by atoms with Gasteiger partial charge in [-0.15, -0.1) is 0 Å². The fourth-order valence-corrected chi connectivity index (χ4v) is 2.46. The van der Waals surface area contributed by atoms with Crippen LogP contribution in [0.5, 0.6) is 0 Å². The average molecular weight is 290 g/mol. The van der Waals surface area contributed by atoms with Crippen LogP contribution in [0.15, 0.2) is 18.3 Å². The zero-order valence-corrected chi connectivity index (χ0v) is 13.0. The molecule has 2 heterocycles. The molecule has 5 heteroatoms. The van der Waals surface area contributed by atoms with Crippen molar-refractivity contribution in [3.63, 3.8) is 0 Å². The van der Waals surface area contributed by atoms with Crippen molar-refractivity contribution in [1.29, 1.82) is 0 Å². The largest absolute Gasteiger partial charge is 0.444 e. The van der Waals surface area contributed by atoms with E-state index in [0.29, 0.717) is 19.5 Å². The summed E-state index contributed by atoms with van der Waals surface area (Å²) in [6.07, 6.45) is 1.71. The van der Waals surface area contributed by atoms with Gasteiger partial charge in [0.25, 0.3) is 0 Å². The van der Waals surface area contributed by atoms with Crippen molar-refractivity contribution < 1.29 is 14.3 Å². The molecule has 1 amide bonds. The maximum absolute atomic E-state index is 12.2. The SMILES string of the molecule is Cc1ncccc1C1CN(C(=O)OC(C)(C)C)CCC1=O. The maximum Gasteiger partial charge on any atom is 0.410 e. The van der Waals surface area contributed by atoms with Crippen molar-refractivity contribution >= 4 is 11.9 Å². The van der Waals surface area contributed by atoms with Gasteiger partial charge in [0.2, 0.25) is 0 Å². The Hall–Kier alpha value is -1.91. The van der Waals surface area contributed by atoms with Gasteiger partial charge in [-0.2, -0.15) is 0 Å². The molecule has 0 N–H and O–H groups in total. The van der Waals surface area contributed by atoms with Crippen molar-refractivity contribution in [3.05, 3.63) is 29.6 Å². The van der Waals surface area contributed by atoms with Crippen LogP contribution in [0.4, 0.5) is 4.79 Å². The smallest absolute Gasteiger partial charge is 0.410 e. The fourth-order valence-electron chi connectivity index (χ4n) is 2.46. The maximum atomic E-state index is 12.2. The lowest BCUT2D eigenvalue weighted by molar-refractivity contribution is -0.123. The number of aromatic nitrogens is 1. The summed E-state index contributed by atoms with van der Waals surface area (Å²) in [5.74, 6) is -0.147. The third-order valence-electron chi connectivity index (χ3n) is 3.49. The zero-order chi connectivity index (χ0) is 15.6. The lowest BCUT2D eigenvalue weighted by Crippen LogP contribution is -2.45. The Morgan fingerprint density at radius 1 is 1.43 bits per heavy atom. The molecule has 1 aliphatic heterocycles. The van der Waals surface area contributed by atoms with Gasteiger partial charge in [0.1, 0.15) is 11.4 Å². The van der Waals surface area contributed by atoms with Crippen molar-refractivity contribution in [2.24, 2.45) is 0 Å². The van der Waals surface area contributed by atoms with Crippen LogP contribution in [0.3, 0.4) is 0 Å². The number of likely N-dealkylation sites (tertiary alicyclic amines) is 1. The third-order valence-corrected chi connectivity index (χ3v) is 3.49. The molecule has 114 valence electrons. The number of hydrogen-bond donors (Lipinski definition) is 0. The minimum atomic E-state index is -0.530. The summed E-state index contributed by atoms with van der Waals surface area (Å²) in [5.41, 5.74) is 1.20. The van der Waals surface area contributed by atoms with Gasteiger partial charge in [-0.1, -0.05) is 6.07 Å². The Balaban J connectivity index is 2.15. The molecular formula is C16H22N2O3. The zero-order valence-electron chi connectivity index (χ0n) is 13.0. The molecule has 1 unspecified atom stereocenters. The second-order valence-corrected chi connectivity index (χ2v) is 6.37. The number of Topliss-reactive ketones (excluding diaryl/α,β-unsaturated/α-hetero) is 1. The molecule has 2 rings (SSSR count). The molecule has 0 bridgehead atoms. The van der Waals surface area contributed by atoms with Gasteiger partial charge in [0, 0.05) is 31.4 Å². The van der Waals surface area contributed by atoms with E-state index in [2.05, 4.69) is 4.98 Å². The number of piperidine rings is 1. The minimum absolute atomic E-state index is 0.158. The second-order valence-electron chi connectivity index (χ2n) is 6.37. The first-order chi connectivity index (χ1) is 9.78. The van der Waals surface area contributed by atoms with Crippen molar-refractivity contribution in [3.8, 4) is 0 Å². The first-order valence-electron chi connectivity index (χ1n) is 7.20. The highest BCUT2D eigenvalue weighted by molar-refractivity contribution is 5.88. The number of hydrogen-bond acceptors (Lipinski definition) is 4. The van der Waals surface area contributed by atoms with Crippen LogP contribution in [0.1, 0.15) is 44.4 Å². The lowest BCUT2D eigenvalue weighted by Gasteiger charge is -2.33. The highest BCUT2D eigenvalue weighted by Crippen LogP contribution is 2.26. The molecule has 0 spiro atoms. The molecule has 0 aromatic carbocycles. The Morgan fingerprint density at radius 2 is 2.14 bits per heavy atom. The van der Waals surface area contributed by atoms with E-state index in [0.717, 1.165) is 11.3 Å². The van der Waals surface area contributed by atoms with Crippen LogP contribution in [0.25, 0.3) is 0 Å². The first kappa shape index (κ1) is 15.5. The van der Waals surface area contributed by atoms with Gasteiger partial charge in [0.15, 0.2) is 0 Å². The number of ether oxygens (including phenoxy) is 1. The number of carbonyl (C=O) groups is 2. The number of rotatable bonds is 1. The van der Waals surface area contributed by atoms with Crippen LogP contribution in [0.2, 0.25) is 0 Å². The van der Waals surface area contributed by atoms with E-state index in [1.165, 1.54) is 0 Å². The van der Waals surface area contributed by atoms with Crippen LogP contribution in [0, 0.1) is 6.92 Å². The summed E-state index contributed by atoms with van der Waals surface area (Å²) in [6, 6.07) is 3.73. The molecule has 1 aromatic rings. The summed E-state index contributed by atoms with van der Waals surface area (Å²) in [4.78, 5) is 30.2. The summed E-state index contributed by atoms with van der Waals surface area (Å²) >= 11 is 0. The second kappa shape index (κ2) is 5.84.